The van der Waals surface area contributed by atoms with Gasteiger partial charge in [-0.3, -0.25) is 0 Å². The number of fused-ring (bicyclic) bond motifs is 1. The average molecular weight is 302 g/mol. The lowest BCUT2D eigenvalue weighted by Crippen LogP contribution is -2.06. The summed E-state index contributed by atoms with van der Waals surface area (Å²) in [4.78, 5) is 3.03. The van der Waals surface area contributed by atoms with E-state index in [9.17, 15) is 17.6 Å². The van der Waals surface area contributed by atoms with Gasteiger partial charge in [-0.1, -0.05) is 17.4 Å². The lowest BCUT2D eigenvalue weighted by molar-refractivity contribution is -0.134. The molecule has 1 aromatic carbocycles. The monoisotopic (exact) mass is 302 g/mol. The van der Waals surface area contributed by atoms with Crippen molar-refractivity contribution in [2.75, 3.05) is 5.32 Å². The lowest BCUT2D eigenvalue weighted by Gasteiger charge is -2.12. The Labute approximate surface area is 116 Å². The molecule has 106 valence electrons. The third kappa shape index (κ3) is 2.49. The van der Waals surface area contributed by atoms with E-state index in [4.69, 9.17) is 0 Å². The smallest absolute Gasteiger partial charge is 0.355 e. The molecule has 0 saturated heterocycles. The van der Waals surface area contributed by atoms with E-state index in [1.807, 2.05) is 0 Å². The maximum absolute atomic E-state index is 13.1. The summed E-state index contributed by atoms with van der Waals surface area (Å²) in [5.74, 6) is -0.294. The maximum atomic E-state index is 13.1. The Kier molecular flexibility index (Phi) is 3.16. The molecule has 3 rings (SSSR count). The Morgan fingerprint density at radius 2 is 2.10 bits per heavy atom. The van der Waals surface area contributed by atoms with Gasteiger partial charge in [0, 0.05) is 0 Å². The van der Waals surface area contributed by atoms with Gasteiger partial charge in [-0.05, 0) is 36.1 Å². The number of aromatic nitrogens is 1. The van der Waals surface area contributed by atoms with Crippen LogP contribution in [0.5, 0.6) is 0 Å². The highest BCUT2D eigenvalue weighted by molar-refractivity contribution is 7.15. The van der Waals surface area contributed by atoms with Gasteiger partial charge < -0.3 is 5.32 Å². The molecule has 0 fully saturated rings. The predicted molar refractivity (Wildman–Crippen MR) is 68.2 cm³/mol. The van der Waals surface area contributed by atoms with Gasteiger partial charge in [-0.2, -0.15) is 13.2 Å². The molecule has 0 aliphatic heterocycles. The Morgan fingerprint density at radius 1 is 1.30 bits per heavy atom. The van der Waals surface area contributed by atoms with E-state index in [2.05, 4.69) is 10.3 Å². The second-order valence-corrected chi connectivity index (χ2v) is 5.64. The van der Waals surface area contributed by atoms with Crippen LogP contribution in [0.1, 0.15) is 28.5 Å². The molecule has 0 bridgehead atoms. The number of nitrogens with one attached hydrogen (secondary N) is 1. The number of alkyl halides is 3. The van der Waals surface area contributed by atoms with Crippen molar-refractivity contribution in [3.8, 4) is 0 Å². The van der Waals surface area contributed by atoms with Crippen LogP contribution in [0, 0.1) is 5.82 Å². The Morgan fingerprint density at radius 3 is 2.80 bits per heavy atom. The van der Waals surface area contributed by atoms with E-state index >= 15 is 0 Å². The summed E-state index contributed by atoms with van der Waals surface area (Å²) in [6.07, 6.45) is -2.11. The van der Waals surface area contributed by atoms with E-state index < -0.39 is 11.1 Å². The van der Waals surface area contributed by atoms with Crippen molar-refractivity contribution in [2.24, 2.45) is 0 Å². The number of halogens is 4. The lowest BCUT2D eigenvalue weighted by atomic mass is 10.1. The van der Waals surface area contributed by atoms with Crippen LogP contribution >= 0.6 is 11.3 Å². The first-order chi connectivity index (χ1) is 9.43. The van der Waals surface area contributed by atoms with Crippen molar-refractivity contribution < 1.29 is 17.6 Å². The van der Waals surface area contributed by atoms with Crippen LogP contribution in [0.3, 0.4) is 0 Å². The molecule has 0 saturated carbocycles. The molecule has 1 atom stereocenters. The number of nitrogens with zero attached hydrogens (tertiary/aromatic N) is 1. The summed E-state index contributed by atoms with van der Waals surface area (Å²) in [6, 6.07) is 4.40. The molecule has 2 aromatic rings. The van der Waals surface area contributed by atoms with Crippen molar-refractivity contribution in [3.63, 3.8) is 0 Å². The largest absolute Gasteiger partial charge is 0.427 e. The highest BCUT2D eigenvalue weighted by atomic mass is 32.1. The summed E-state index contributed by atoms with van der Waals surface area (Å²) in [5.41, 5.74) is 1.82. The van der Waals surface area contributed by atoms with Crippen molar-refractivity contribution >= 4 is 16.5 Å². The van der Waals surface area contributed by atoms with Crippen LogP contribution in [0.4, 0.5) is 22.7 Å². The van der Waals surface area contributed by atoms with Crippen molar-refractivity contribution in [3.05, 3.63) is 46.2 Å². The van der Waals surface area contributed by atoms with Crippen LogP contribution < -0.4 is 5.32 Å². The van der Waals surface area contributed by atoms with Gasteiger partial charge in [0.25, 0.3) is 0 Å². The number of anilines is 1. The van der Waals surface area contributed by atoms with Crippen LogP contribution in [0.15, 0.2) is 24.4 Å². The second-order valence-electron chi connectivity index (χ2n) is 4.61. The number of hydrogen-bond acceptors (Lipinski definition) is 3. The van der Waals surface area contributed by atoms with Crippen LogP contribution in [-0.2, 0) is 12.6 Å². The van der Waals surface area contributed by atoms with E-state index in [0.717, 1.165) is 23.7 Å². The van der Waals surface area contributed by atoms with Gasteiger partial charge in [0.05, 0.1) is 12.2 Å². The molecule has 0 radical (unpaired) electrons. The van der Waals surface area contributed by atoms with Crippen LogP contribution in [0.25, 0.3) is 0 Å². The summed E-state index contributed by atoms with van der Waals surface area (Å²) in [7, 11) is 0. The molecule has 1 N–H and O–H groups in total. The van der Waals surface area contributed by atoms with Crippen molar-refractivity contribution in [1.29, 1.82) is 0 Å². The molecule has 1 aliphatic rings. The van der Waals surface area contributed by atoms with E-state index in [1.165, 1.54) is 12.1 Å². The molecule has 7 heteroatoms. The average Bonchev–Trinajstić information content (AvgIpc) is 2.96. The first-order valence-electron chi connectivity index (χ1n) is 6.01. The van der Waals surface area contributed by atoms with E-state index in [1.54, 1.807) is 6.07 Å². The molecule has 1 unspecified atom stereocenters. The number of rotatable bonds is 2. The Hall–Kier alpha value is -1.63. The second kappa shape index (κ2) is 4.73. The molecular formula is C13H10F4N2S. The van der Waals surface area contributed by atoms with Crippen LogP contribution in [-0.4, -0.2) is 4.98 Å². The zero-order chi connectivity index (χ0) is 14.3. The third-order valence-electron chi connectivity index (χ3n) is 3.27. The standard InChI is InChI=1S/C13H10F4N2S/c14-8-2-3-9-7(5-8)1-4-10(9)19-12-18-6-11(20-12)13(15,16)17/h2-3,5-6,10H,1,4H2,(H,18,19). The zero-order valence-corrected chi connectivity index (χ0v) is 11.0. The fourth-order valence-corrected chi connectivity index (χ4v) is 3.09. The fourth-order valence-electron chi connectivity index (χ4n) is 2.36. The molecular weight excluding hydrogens is 292 g/mol. The number of aryl methyl sites for hydroxylation is 1. The van der Waals surface area contributed by atoms with Crippen molar-refractivity contribution in [2.45, 2.75) is 25.1 Å². The normalized spacial score (nSPS) is 18.1. The molecule has 2 nitrogen and oxygen atoms in total. The minimum absolute atomic E-state index is 0.113. The van der Waals surface area contributed by atoms with Crippen LogP contribution in [0.2, 0.25) is 0 Å². The summed E-state index contributed by atoms with van der Waals surface area (Å²) in [6.45, 7) is 0. The van der Waals surface area contributed by atoms with Gasteiger partial charge in [0.15, 0.2) is 5.13 Å². The Balaban J connectivity index is 1.79. The number of thiazole rings is 1. The van der Waals surface area contributed by atoms with Gasteiger partial charge in [-0.15, -0.1) is 0 Å². The van der Waals surface area contributed by atoms with Gasteiger partial charge in [0.2, 0.25) is 0 Å². The summed E-state index contributed by atoms with van der Waals surface area (Å²) < 4.78 is 50.6. The first-order valence-corrected chi connectivity index (χ1v) is 6.83. The topological polar surface area (TPSA) is 24.9 Å². The summed E-state index contributed by atoms with van der Waals surface area (Å²) in [5, 5.41) is 3.23. The molecule has 1 aliphatic carbocycles. The minimum atomic E-state index is -4.37. The molecule has 1 aromatic heterocycles. The highest BCUT2D eigenvalue weighted by Gasteiger charge is 2.33. The fraction of sp³-hybridized carbons (Fsp3) is 0.308. The minimum Gasteiger partial charge on any atom is -0.355 e. The van der Waals surface area contributed by atoms with E-state index in [-0.39, 0.29) is 17.0 Å². The number of hydrogen-bond donors (Lipinski definition) is 1. The van der Waals surface area contributed by atoms with E-state index in [0.29, 0.717) is 17.8 Å². The SMILES string of the molecule is Fc1ccc2c(c1)CCC2Nc1ncc(C(F)(F)F)s1. The molecule has 20 heavy (non-hydrogen) atoms. The summed E-state index contributed by atoms with van der Waals surface area (Å²) >= 11 is 0.583. The zero-order valence-electron chi connectivity index (χ0n) is 10.2. The number of benzene rings is 1. The molecule has 0 amide bonds. The predicted octanol–water partition coefficient (Wildman–Crippen LogP) is 4.40. The van der Waals surface area contributed by atoms with Gasteiger partial charge in [0.1, 0.15) is 10.7 Å². The van der Waals surface area contributed by atoms with Gasteiger partial charge in [-0.25, -0.2) is 9.37 Å². The Bertz CT molecular complexity index is 636. The quantitative estimate of drug-likeness (QED) is 0.832. The van der Waals surface area contributed by atoms with Gasteiger partial charge >= 0.3 is 6.18 Å². The highest BCUT2D eigenvalue weighted by Crippen LogP contribution is 2.38. The third-order valence-corrected chi connectivity index (χ3v) is 4.24. The van der Waals surface area contributed by atoms with Crippen molar-refractivity contribution in [1.82, 2.24) is 4.98 Å². The molecule has 0 spiro atoms. The maximum Gasteiger partial charge on any atom is 0.427 e. The first kappa shape index (κ1) is 13.4. The molecule has 1 heterocycles.